The van der Waals surface area contributed by atoms with Gasteiger partial charge >= 0.3 is 0 Å². The highest BCUT2D eigenvalue weighted by atomic mass is 32.2. The highest BCUT2D eigenvalue weighted by molar-refractivity contribution is 7.89. The predicted molar refractivity (Wildman–Crippen MR) is 86.9 cm³/mol. The van der Waals surface area contributed by atoms with Gasteiger partial charge in [-0.1, -0.05) is 6.92 Å². The van der Waals surface area contributed by atoms with Crippen molar-refractivity contribution in [3.8, 4) is 5.75 Å². The Balaban J connectivity index is 1.84. The van der Waals surface area contributed by atoms with Gasteiger partial charge in [0.15, 0.2) is 6.61 Å². The lowest BCUT2D eigenvalue weighted by Gasteiger charge is -2.33. The van der Waals surface area contributed by atoms with E-state index in [-0.39, 0.29) is 23.5 Å². The number of nitrogens with zero attached hydrogens (tertiary/aromatic N) is 1. The number of anilines is 1. The number of hydrogen-bond acceptors (Lipinski definition) is 4. The topological polar surface area (TPSA) is 75.7 Å². The molecule has 1 heterocycles. The molecular formula is C16H22N2O4S. The number of benzene rings is 1. The molecule has 1 aliphatic carbocycles. The Labute approximate surface area is 136 Å². The Kier molecular flexibility index (Phi) is 4.33. The highest BCUT2D eigenvalue weighted by Gasteiger charge is 2.31. The summed E-state index contributed by atoms with van der Waals surface area (Å²) >= 11 is 0. The molecule has 1 aromatic carbocycles. The molecule has 1 amide bonds. The van der Waals surface area contributed by atoms with E-state index in [0.29, 0.717) is 17.4 Å². The zero-order valence-corrected chi connectivity index (χ0v) is 14.2. The summed E-state index contributed by atoms with van der Waals surface area (Å²) in [5, 5.41) is 2.65. The lowest BCUT2D eigenvalue weighted by molar-refractivity contribution is -0.118. The maximum atomic E-state index is 12.9. The molecule has 7 heteroatoms. The van der Waals surface area contributed by atoms with Crippen molar-refractivity contribution in [2.45, 2.75) is 43.5 Å². The third-order valence-corrected chi connectivity index (χ3v) is 6.67. The fourth-order valence-electron chi connectivity index (χ4n) is 3.19. The van der Waals surface area contributed by atoms with Gasteiger partial charge in [-0.3, -0.25) is 4.79 Å². The summed E-state index contributed by atoms with van der Waals surface area (Å²) in [7, 11) is -1.94. The van der Waals surface area contributed by atoms with Crippen molar-refractivity contribution >= 4 is 21.6 Å². The van der Waals surface area contributed by atoms with Crippen molar-refractivity contribution in [1.29, 1.82) is 0 Å². The molecule has 3 rings (SSSR count). The zero-order valence-electron chi connectivity index (χ0n) is 13.4. The van der Waals surface area contributed by atoms with Gasteiger partial charge in [0, 0.05) is 13.1 Å². The molecule has 1 saturated carbocycles. The lowest BCUT2D eigenvalue weighted by Crippen LogP contribution is -2.39. The van der Waals surface area contributed by atoms with Crippen molar-refractivity contribution in [3.63, 3.8) is 0 Å². The second-order valence-electron chi connectivity index (χ2n) is 6.43. The van der Waals surface area contributed by atoms with Crippen LogP contribution in [0.5, 0.6) is 5.75 Å². The Bertz CT molecular complexity index is 709. The molecule has 0 atom stereocenters. The molecule has 0 spiro atoms. The molecule has 0 aromatic heterocycles. The Morgan fingerprint density at radius 3 is 2.61 bits per heavy atom. The quantitative estimate of drug-likeness (QED) is 0.917. The first-order valence-electron chi connectivity index (χ1n) is 7.92. The third-order valence-electron chi connectivity index (χ3n) is 4.76. The SMILES string of the molecule is CC1CCC(N(C)S(=O)(=O)c2ccc3c(c2)NC(=O)CO3)CC1. The number of carbonyl (C=O) groups is 1. The van der Waals surface area contributed by atoms with Gasteiger partial charge in [-0.2, -0.15) is 4.31 Å². The minimum Gasteiger partial charge on any atom is -0.482 e. The van der Waals surface area contributed by atoms with Crippen LogP contribution in [0.2, 0.25) is 0 Å². The monoisotopic (exact) mass is 338 g/mol. The van der Waals surface area contributed by atoms with E-state index in [2.05, 4.69) is 12.2 Å². The highest BCUT2D eigenvalue weighted by Crippen LogP contribution is 2.33. The van der Waals surface area contributed by atoms with Crippen LogP contribution in [0.25, 0.3) is 0 Å². The molecule has 0 unspecified atom stereocenters. The summed E-state index contributed by atoms with van der Waals surface area (Å²) in [5.74, 6) is 0.887. The van der Waals surface area contributed by atoms with E-state index in [1.807, 2.05) is 0 Å². The fraction of sp³-hybridized carbons (Fsp3) is 0.562. The fourth-order valence-corrected chi connectivity index (χ4v) is 4.63. The second kappa shape index (κ2) is 6.13. The maximum Gasteiger partial charge on any atom is 0.262 e. The Morgan fingerprint density at radius 2 is 1.91 bits per heavy atom. The molecule has 1 fully saturated rings. The van der Waals surface area contributed by atoms with Crippen LogP contribution >= 0.6 is 0 Å². The number of sulfonamides is 1. The molecule has 2 aliphatic rings. The minimum absolute atomic E-state index is 0.0399. The van der Waals surface area contributed by atoms with Crippen molar-refractivity contribution in [2.24, 2.45) is 5.92 Å². The zero-order chi connectivity index (χ0) is 16.6. The van der Waals surface area contributed by atoms with Gasteiger partial charge in [-0.25, -0.2) is 8.42 Å². The van der Waals surface area contributed by atoms with Gasteiger partial charge in [-0.15, -0.1) is 0 Å². The predicted octanol–water partition coefficient (Wildman–Crippen LogP) is 2.22. The van der Waals surface area contributed by atoms with Crippen LogP contribution in [0.4, 0.5) is 5.69 Å². The van der Waals surface area contributed by atoms with Crippen LogP contribution in [-0.4, -0.2) is 38.3 Å². The van der Waals surface area contributed by atoms with E-state index in [0.717, 1.165) is 25.7 Å². The first kappa shape index (κ1) is 16.3. The van der Waals surface area contributed by atoms with Crippen LogP contribution < -0.4 is 10.1 Å². The Morgan fingerprint density at radius 1 is 1.22 bits per heavy atom. The van der Waals surface area contributed by atoms with E-state index in [1.54, 1.807) is 13.1 Å². The molecule has 0 radical (unpaired) electrons. The van der Waals surface area contributed by atoms with Crippen molar-refractivity contribution < 1.29 is 17.9 Å². The number of carbonyl (C=O) groups excluding carboxylic acids is 1. The first-order chi connectivity index (χ1) is 10.9. The smallest absolute Gasteiger partial charge is 0.262 e. The van der Waals surface area contributed by atoms with E-state index in [1.165, 1.54) is 16.4 Å². The standard InChI is InChI=1S/C16H22N2O4S/c1-11-3-5-12(6-4-11)18(2)23(20,21)13-7-8-15-14(9-13)17-16(19)10-22-15/h7-9,11-12H,3-6,10H2,1-2H3,(H,17,19). The summed E-state index contributed by atoms with van der Waals surface area (Å²) in [4.78, 5) is 11.6. The van der Waals surface area contributed by atoms with Crippen molar-refractivity contribution in [1.82, 2.24) is 4.31 Å². The van der Waals surface area contributed by atoms with E-state index < -0.39 is 10.0 Å². The van der Waals surface area contributed by atoms with Gasteiger partial charge in [0.05, 0.1) is 10.6 Å². The third kappa shape index (κ3) is 3.21. The van der Waals surface area contributed by atoms with E-state index in [9.17, 15) is 13.2 Å². The van der Waals surface area contributed by atoms with Gasteiger partial charge in [0.1, 0.15) is 5.75 Å². The summed E-state index contributed by atoms with van der Waals surface area (Å²) < 4.78 is 32.5. The molecular weight excluding hydrogens is 316 g/mol. The first-order valence-corrected chi connectivity index (χ1v) is 9.36. The van der Waals surface area contributed by atoms with Gasteiger partial charge in [0.2, 0.25) is 10.0 Å². The van der Waals surface area contributed by atoms with Crippen LogP contribution in [0, 0.1) is 5.92 Å². The van der Waals surface area contributed by atoms with Crippen molar-refractivity contribution in [3.05, 3.63) is 18.2 Å². The molecule has 6 nitrogen and oxygen atoms in total. The van der Waals surface area contributed by atoms with Gasteiger partial charge < -0.3 is 10.1 Å². The maximum absolute atomic E-state index is 12.9. The number of amides is 1. The molecule has 1 aromatic rings. The number of rotatable bonds is 3. The lowest BCUT2D eigenvalue weighted by atomic mass is 9.87. The number of nitrogens with one attached hydrogen (secondary N) is 1. The molecule has 1 N–H and O–H groups in total. The van der Waals surface area contributed by atoms with Gasteiger partial charge in [-0.05, 0) is 49.8 Å². The molecule has 0 saturated heterocycles. The Hall–Kier alpha value is -1.60. The summed E-state index contributed by atoms with van der Waals surface area (Å²) in [6.45, 7) is 2.16. The molecule has 1 aliphatic heterocycles. The van der Waals surface area contributed by atoms with E-state index >= 15 is 0 Å². The average Bonchev–Trinajstić information content (AvgIpc) is 2.54. The van der Waals surface area contributed by atoms with Crippen LogP contribution in [0.1, 0.15) is 32.6 Å². The average molecular weight is 338 g/mol. The number of hydrogen-bond donors (Lipinski definition) is 1. The van der Waals surface area contributed by atoms with Gasteiger partial charge in [0.25, 0.3) is 5.91 Å². The van der Waals surface area contributed by atoms with Crippen LogP contribution in [0.15, 0.2) is 23.1 Å². The van der Waals surface area contributed by atoms with Crippen LogP contribution in [0.3, 0.4) is 0 Å². The minimum atomic E-state index is -3.58. The van der Waals surface area contributed by atoms with Crippen LogP contribution in [-0.2, 0) is 14.8 Å². The molecule has 126 valence electrons. The normalized spacial score (nSPS) is 24.7. The summed E-state index contributed by atoms with van der Waals surface area (Å²) in [6, 6.07) is 4.65. The molecule has 0 bridgehead atoms. The molecule has 23 heavy (non-hydrogen) atoms. The number of ether oxygens (including phenoxy) is 1. The summed E-state index contributed by atoms with van der Waals surface area (Å²) in [6.07, 6.45) is 3.89. The largest absolute Gasteiger partial charge is 0.482 e. The van der Waals surface area contributed by atoms with E-state index in [4.69, 9.17) is 4.74 Å². The second-order valence-corrected chi connectivity index (χ2v) is 8.43. The van der Waals surface area contributed by atoms with Crippen molar-refractivity contribution in [2.75, 3.05) is 19.0 Å². The summed E-state index contributed by atoms with van der Waals surface area (Å²) in [5.41, 5.74) is 0.410. The number of fused-ring (bicyclic) bond motifs is 1.